The molecule has 2 saturated carbocycles. The fraction of sp³-hybridized carbons (Fsp3) is 0.489. The van der Waals surface area contributed by atoms with E-state index < -0.39 is 38.5 Å². The summed E-state index contributed by atoms with van der Waals surface area (Å²) in [7, 11) is -1.99. The number of carbonyl (C=O) groups excluding carboxylic acids is 3. The Bertz CT molecular complexity index is 2510. The molecule has 3 fully saturated rings. The number of nitrogens with one attached hydrogen (secondary N) is 3. The van der Waals surface area contributed by atoms with Crippen LogP contribution in [0.15, 0.2) is 58.7 Å². The van der Waals surface area contributed by atoms with Gasteiger partial charge < -0.3 is 25.7 Å². The van der Waals surface area contributed by atoms with Crippen molar-refractivity contribution in [2.45, 2.75) is 115 Å². The number of sulfonamides is 1. The van der Waals surface area contributed by atoms with Crippen molar-refractivity contribution >= 4 is 67.8 Å². The predicted molar refractivity (Wildman–Crippen MR) is 245 cm³/mol. The van der Waals surface area contributed by atoms with E-state index in [1.54, 1.807) is 31.1 Å². The number of benzene rings is 2. The maximum Gasteiger partial charge on any atom is 0.416 e. The number of aromatic nitrogens is 2. The topological polar surface area (TPSA) is 194 Å². The molecule has 2 aromatic carbocycles. The second kappa shape index (κ2) is 21.4. The molecular weight excluding hydrogens is 893 g/mol. The Morgan fingerprint density at radius 1 is 1.16 bits per heavy atom. The van der Waals surface area contributed by atoms with Gasteiger partial charge in [-0.15, -0.1) is 11.3 Å². The zero-order chi connectivity index (χ0) is 47.0. The summed E-state index contributed by atoms with van der Waals surface area (Å²) >= 11 is 7.48. The Balaban J connectivity index is 0.000000277. The monoisotopic (exact) mass is 948 g/mol. The lowest BCUT2D eigenvalue weighted by molar-refractivity contribution is -0.137. The van der Waals surface area contributed by atoms with Crippen molar-refractivity contribution in [3.05, 3.63) is 86.0 Å². The number of likely N-dealkylation sites (tertiary alicyclic amines) is 1. The standard InChI is InChI=1S/C29H39ClF3N3O4S.C15H14N2O2S.CH3NO/c1-19-9-8-14-36(19)27(38)25(34-23-17-21(29(31,32)33)16-22(30)18-23)11-7-5-3-4-6-10-20-15-24(20)26(37)35-41(39,40)28(2)12-13-28;1-8-7-20-15(16-8)11-6-12(18)10-4-5-13(19-3)9(2)14(10)17-11;2-1-3/h6,10,16-20,24-25,34H,3-5,7-9,11-15H2,1-2H3,(H,35,37);4-7H,1-3H3,(H,17,18);1H,(H2,2,3)/b10-6-;;/t19?,20?,24?,25-;;/m0../s1. The van der Waals surface area contributed by atoms with Gasteiger partial charge in [0.05, 0.1) is 28.6 Å². The van der Waals surface area contributed by atoms with Gasteiger partial charge >= 0.3 is 6.18 Å². The van der Waals surface area contributed by atoms with Gasteiger partial charge in [0.2, 0.25) is 28.2 Å². The van der Waals surface area contributed by atoms with Crippen LogP contribution in [0, 0.1) is 25.7 Å². The number of halogens is 4. The summed E-state index contributed by atoms with van der Waals surface area (Å²) in [6.07, 6.45) is 6.89. The van der Waals surface area contributed by atoms with Crippen molar-refractivity contribution in [2.24, 2.45) is 17.6 Å². The van der Waals surface area contributed by atoms with E-state index in [1.165, 1.54) is 17.4 Å². The number of nitrogens with zero attached hydrogens (tertiary/aromatic N) is 2. The van der Waals surface area contributed by atoms with Crippen molar-refractivity contribution in [2.75, 3.05) is 19.0 Å². The summed E-state index contributed by atoms with van der Waals surface area (Å²) in [5.41, 5.74) is 6.89. The summed E-state index contributed by atoms with van der Waals surface area (Å²) in [6, 6.07) is 7.90. The van der Waals surface area contributed by atoms with Crippen molar-refractivity contribution in [3.8, 4) is 16.5 Å². The van der Waals surface area contributed by atoms with Crippen LogP contribution in [0.5, 0.6) is 5.75 Å². The van der Waals surface area contributed by atoms with Crippen LogP contribution in [0.1, 0.15) is 94.9 Å². The molecule has 3 amide bonds. The lowest BCUT2D eigenvalue weighted by Crippen LogP contribution is -2.44. The number of carbonyl (C=O) groups is 3. The molecule has 1 aliphatic heterocycles. The van der Waals surface area contributed by atoms with Gasteiger partial charge in [0.25, 0.3) is 0 Å². The van der Waals surface area contributed by atoms with E-state index in [1.807, 2.05) is 44.4 Å². The van der Waals surface area contributed by atoms with Gasteiger partial charge in [0.1, 0.15) is 16.8 Å². The van der Waals surface area contributed by atoms with Crippen LogP contribution in [0.25, 0.3) is 21.6 Å². The number of alkyl halides is 3. The number of nitrogens with two attached hydrogens (primary N) is 1. The minimum absolute atomic E-state index is 0.00708. The van der Waals surface area contributed by atoms with Crippen molar-refractivity contribution < 1.29 is 40.7 Å². The maximum atomic E-state index is 13.3. The number of ether oxygens (including phenoxy) is 1. The number of aryl methyl sites for hydroxylation is 2. The van der Waals surface area contributed by atoms with Gasteiger partial charge in [-0.25, -0.2) is 13.4 Å². The largest absolute Gasteiger partial charge is 0.496 e. The molecule has 13 nitrogen and oxygen atoms in total. The van der Waals surface area contributed by atoms with Crippen molar-refractivity contribution in [1.82, 2.24) is 19.6 Å². The number of unbranched alkanes of at least 4 members (excludes halogenated alkanes) is 3. The SMILES string of the molecule is CC1CCCN1C(=O)[C@H](CCCCC/C=C\C1CC1C(=O)NS(=O)(=O)C1(C)CC1)Nc1cc(Cl)cc(C(F)(F)F)c1.COc1ccc2c(=O)cc(-c3nc(C)cs3)[nH]c2c1C.NC=O. The van der Waals surface area contributed by atoms with E-state index in [-0.39, 0.29) is 46.3 Å². The Morgan fingerprint density at radius 2 is 1.88 bits per heavy atom. The Morgan fingerprint density at radius 3 is 2.48 bits per heavy atom. The Kier molecular flexibility index (Phi) is 16.7. The van der Waals surface area contributed by atoms with E-state index in [0.29, 0.717) is 44.0 Å². The van der Waals surface area contributed by atoms with Gasteiger partial charge in [-0.1, -0.05) is 36.6 Å². The number of fused-ring (bicyclic) bond motifs is 1. The molecule has 1 saturated heterocycles. The third kappa shape index (κ3) is 12.9. The van der Waals surface area contributed by atoms with Crippen LogP contribution in [-0.2, 0) is 30.6 Å². The fourth-order valence-corrected chi connectivity index (χ4v) is 9.88. The van der Waals surface area contributed by atoms with Gasteiger partial charge in [-0.3, -0.25) is 23.9 Å². The molecule has 4 aromatic rings. The first-order valence-electron chi connectivity index (χ1n) is 21.2. The molecule has 64 heavy (non-hydrogen) atoms. The number of H-pyrrole nitrogens is 1. The molecule has 3 aliphatic rings. The van der Waals surface area contributed by atoms with E-state index in [4.69, 9.17) is 21.1 Å². The number of pyridine rings is 1. The van der Waals surface area contributed by atoms with Gasteiger partial charge in [-0.2, -0.15) is 13.2 Å². The van der Waals surface area contributed by atoms with Crippen LogP contribution in [-0.4, -0.2) is 72.0 Å². The molecule has 7 rings (SSSR count). The zero-order valence-electron chi connectivity index (χ0n) is 36.5. The summed E-state index contributed by atoms with van der Waals surface area (Å²) in [6.45, 7) is 8.14. The van der Waals surface area contributed by atoms with Gasteiger partial charge in [0, 0.05) is 57.3 Å². The molecule has 3 unspecified atom stereocenters. The number of primary amides is 1. The van der Waals surface area contributed by atoms with Crippen molar-refractivity contribution in [1.29, 1.82) is 0 Å². The minimum Gasteiger partial charge on any atom is -0.496 e. The zero-order valence-corrected chi connectivity index (χ0v) is 38.9. The first-order valence-corrected chi connectivity index (χ1v) is 23.9. The second-order valence-corrected chi connectivity index (χ2v) is 20.2. The molecular formula is C45H56ClF3N6O7S2. The fourth-order valence-electron chi connectivity index (χ4n) is 7.57. The average Bonchev–Trinajstić information content (AvgIpc) is 4.09. The number of aromatic amines is 1. The van der Waals surface area contributed by atoms with Gasteiger partial charge in [-0.05, 0) is 115 Å². The van der Waals surface area contributed by atoms with Crippen LogP contribution in [0.3, 0.4) is 0 Å². The summed E-state index contributed by atoms with van der Waals surface area (Å²) in [5, 5.41) is 6.44. The van der Waals surface area contributed by atoms with Crippen LogP contribution >= 0.6 is 22.9 Å². The number of thiazole rings is 1. The van der Waals surface area contributed by atoms with E-state index in [2.05, 4.69) is 25.7 Å². The minimum atomic E-state index is -4.55. The highest BCUT2D eigenvalue weighted by atomic mass is 35.5. The third-order valence-electron chi connectivity index (χ3n) is 11.7. The molecule has 2 aliphatic carbocycles. The molecule has 0 bridgehead atoms. The number of hydrogen-bond acceptors (Lipinski definition) is 10. The maximum absolute atomic E-state index is 13.3. The average molecular weight is 950 g/mol. The van der Waals surface area contributed by atoms with E-state index in [9.17, 15) is 36.0 Å². The number of amides is 3. The smallest absolute Gasteiger partial charge is 0.416 e. The number of rotatable bonds is 15. The summed E-state index contributed by atoms with van der Waals surface area (Å²) in [4.78, 5) is 56.0. The third-order valence-corrected chi connectivity index (χ3v) is 15.1. The lowest BCUT2D eigenvalue weighted by atomic mass is 10.0. The number of methoxy groups -OCH3 is 1. The molecule has 0 spiro atoms. The van der Waals surface area contributed by atoms with Crippen LogP contribution < -0.4 is 25.9 Å². The van der Waals surface area contributed by atoms with Crippen LogP contribution in [0.4, 0.5) is 18.9 Å². The quantitative estimate of drug-likeness (QED) is 0.0513. The molecule has 348 valence electrons. The predicted octanol–water partition coefficient (Wildman–Crippen LogP) is 8.67. The first kappa shape index (κ1) is 50.1. The first-order chi connectivity index (χ1) is 30.2. The molecule has 19 heteroatoms. The highest BCUT2D eigenvalue weighted by Crippen LogP contribution is 2.44. The second-order valence-electron chi connectivity index (χ2n) is 16.7. The number of hydrogen-bond donors (Lipinski definition) is 4. The van der Waals surface area contributed by atoms with Gasteiger partial charge in [0.15, 0.2) is 5.43 Å². The highest BCUT2D eigenvalue weighted by Gasteiger charge is 2.52. The molecule has 3 heterocycles. The number of allylic oxidation sites excluding steroid dienone is 2. The normalized spacial score (nSPS) is 19.2. The van der Waals surface area contributed by atoms with Crippen molar-refractivity contribution in [3.63, 3.8) is 0 Å². The Labute approximate surface area is 380 Å². The van der Waals surface area contributed by atoms with E-state index in [0.717, 1.165) is 77.5 Å². The lowest BCUT2D eigenvalue weighted by Gasteiger charge is -2.28. The highest BCUT2D eigenvalue weighted by molar-refractivity contribution is 7.91. The molecule has 4 atom stereocenters. The summed E-state index contributed by atoms with van der Waals surface area (Å²) < 4.78 is 71.1. The van der Waals surface area contributed by atoms with E-state index >= 15 is 0 Å². The summed E-state index contributed by atoms with van der Waals surface area (Å²) in [5.74, 6) is -0.0335. The molecule has 0 radical (unpaired) electrons. The Hall–Kier alpha value is -4.94. The van der Waals surface area contributed by atoms with Crippen LogP contribution in [0.2, 0.25) is 5.02 Å². The molecule has 5 N–H and O–H groups in total. The number of anilines is 1. The molecule has 2 aromatic heterocycles.